The number of nitrogens with zero attached hydrogens (tertiary/aromatic N) is 1. The van der Waals surface area contributed by atoms with Crippen molar-refractivity contribution >= 4 is 17.7 Å². The van der Waals surface area contributed by atoms with Crippen molar-refractivity contribution in [3.63, 3.8) is 0 Å². The highest BCUT2D eigenvalue weighted by Crippen LogP contribution is 2.65. The Bertz CT molecular complexity index is 955. The molecule has 1 aromatic carbocycles. The number of hydrogen-bond acceptors (Lipinski definition) is 5. The zero-order valence-electron chi connectivity index (χ0n) is 21.3. The molecule has 3 unspecified atom stereocenters. The minimum absolute atomic E-state index is 0.0150. The second-order valence-electron chi connectivity index (χ2n) is 10.7. The van der Waals surface area contributed by atoms with Crippen molar-refractivity contribution in [2.24, 2.45) is 17.8 Å². The lowest BCUT2D eigenvalue weighted by atomic mass is 9.62. The first kappa shape index (κ1) is 25.6. The monoisotopic (exact) mass is 485 g/mol. The van der Waals surface area contributed by atoms with Crippen LogP contribution in [0.2, 0.25) is 0 Å². The Morgan fingerprint density at radius 1 is 1.20 bits per heavy atom. The largest absolute Gasteiger partial charge is 0.394 e. The van der Waals surface area contributed by atoms with Crippen LogP contribution in [-0.4, -0.2) is 64.2 Å². The predicted octanol–water partition coefficient (Wildman–Crippen LogP) is 2.00. The van der Waals surface area contributed by atoms with E-state index in [9.17, 15) is 19.5 Å². The van der Waals surface area contributed by atoms with E-state index in [4.69, 9.17) is 4.74 Å². The summed E-state index contributed by atoms with van der Waals surface area (Å²) < 4.78 is 6.66. The lowest BCUT2D eigenvalue weighted by Crippen LogP contribution is -2.57. The number of likely N-dealkylation sites (tertiary alicyclic amines) is 1. The van der Waals surface area contributed by atoms with Gasteiger partial charge in [0.1, 0.15) is 11.6 Å². The standard InChI is InChI=1S/C27H39N3O5/c1-5-6-10-13-28-24(33)22-27-14-17(2)26(4,35-27)20(21(27)25(34)30(22)18(3)16-31)23(32)29-15-19-11-8-7-9-12-19/h7-9,11-12,17-18,20-22,31H,5-6,10,13-16H2,1-4H3,(H,28,33)(H,29,32)/t17?,18-,20-,21+,22?,26+,27?/m1/s1. The van der Waals surface area contributed by atoms with Crippen molar-refractivity contribution in [1.82, 2.24) is 15.5 Å². The minimum Gasteiger partial charge on any atom is -0.394 e. The van der Waals surface area contributed by atoms with Gasteiger partial charge >= 0.3 is 0 Å². The molecule has 0 aromatic heterocycles. The van der Waals surface area contributed by atoms with Gasteiger partial charge < -0.3 is 25.4 Å². The maximum absolute atomic E-state index is 13.9. The smallest absolute Gasteiger partial charge is 0.245 e. The van der Waals surface area contributed by atoms with Gasteiger partial charge in [-0.15, -0.1) is 0 Å². The Labute approximate surface area is 207 Å². The van der Waals surface area contributed by atoms with Gasteiger partial charge in [-0.3, -0.25) is 14.4 Å². The SMILES string of the molecule is CCCCCNC(=O)C1N([C@H](C)CO)C(=O)[C@@H]2[C@H](C(=O)NCc3ccccc3)[C@@]3(C)OC12CC3C. The molecule has 3 fully saturated rings. The van der Waals surface area contributed by atoms with E-state index in [1.165, 1.54) is 4.90 Å². The van der Waals surface area contributed by atoms with E-state index in [0.29, 0.717) is 19.5 Å². The number of nitrogens with one attached hydrogen (secondary N) is 2. The Morgan fingerprint density at radius 2 is 1.91 bits per heavy atom. The van der Waals surface area contributed by atoms with Crippen LogP contribution in [0.25, 0.3) is 0 Å². The zero-order chi connectivity index (χ0) is 25.4. The third kappa shape index (κ3) is 4.14. The van der Waals surface area contributed by atoms with Crippen LogP contribution in [0.4, 0.5) is 0 Å². The van der Waals surface area contributed by atoms with Gasteiger partial charge in [-0.2, -0.15) is 0 Å². The quantitative estimate of drug-likeness (QED) is 0.440. The zero-order valence-corrected chi connectivity index (χ0v) is 21.3. The molecule has 1 aromatic rings. The number of aliphatic hydroxyl groups is 1. The van der Waals surface area contributed by atoms with Crippen LogP contribution in [0.3, 0.4) is 0 Å². The molecular formula is C27H39N3O5. The molecule has 7 atom stereocenters. The highest BCUT2D eigenvalue weighted by molar-refractivity contribution is 5.99. The number of rotatable bonds is 10. The molecule has 2 bridgehead atoms. The summed E-state index contributed by atoms with van der Waals surface area (Å²) in [7, 11) is 0. The van der Waals surface area contributed by atoms with Crippen molar-refractivity contribution < 1.29 is 24.2 Å². The first-order chi connectivity index (χ1) is 16.7. The molecule has 8 heteroatoms. The third-order valence-corrected chi connectivity index (χ3v) is 8.41. The van der Waals surface area contributed by atoms with Crippen molar-refractivity contribution in [3.05, 3.63) is 35.9 Å². The van der Waals surface area contributed by atoms with Crippen molar-refractivity contribution in [1.29, 1.82) is 0 Å². The van der Waals surface area contributed by atoms with Gasteiger partial charge in [-0.05, 0) is 38.2 Å². The van der Waals surface area contributed by atoms with Gasteiger partial charge in [-0.25, -0.2) is 0 Å². The Balaban J connectivity index is 1.64. The molecule has 0 saturated carbocycles. The number of aliphatic hydroxyl groups excluding tert-OH is 1. The van der Waals surface area contributed by atoms with E-state index < -0.39 is 35.1 Å². The summed E-state index contributed by atoms with van der Waals surface area (Å²) in [6, 6.07) is 8.19. The van der Waals surface area contributed by atoms with E-state index in [0.717, 1.165) is 24.8 Å². The number of carbonyl (C=O) groups excluding carboxylic acids is 3. The average Bonchev–Trinajstić information content (AvgIpc) is 3.37. The molecule has 3 heterocycles. The molecule has 3 saturated heterocycles. The summed E-state index contributed by atoms with van der Waals surface area (Å²) in [5, 5.41) is 15.9. The van der Waals surface area contributed by atoms with Crippen LogP contribution in [0, 0.1) is 17.8 Å². The van der Waals surface area contributed by atoms with Gasteiger partial charge in [0, 0.05) is 13.1 Å². The molecule has 0 radical (unpaired) electrons. The van der Waals surface area contributed by atoms with Crippen molar-refractivity contribution in [3.8, 4) is 0 Å². The number of unbranched alkanes of at least 4 members (excludes halogenated alkanes) is 2. The number of amides is 3. The number of benzene rings is 1. The fourth-order valence-corrected chi connectivity index (χ4v) is 6.52. The summed E-state index contributed by atoms with van der Waals surface area (Å²) in [6.45, 7) is 8.37. The molecule has 3 amide bonds. The number of hydrogen-bond donors (Lipinski definition) is 3. The highest BCUT2D eigenvalue weighted by atomic mass is 16.5. The second kappa shape index (κ2) is 9.90. The molecule has 35 heavy (non-hydrogen) atoms. The van der Waals surface area contributed by atoms with Gasteiger partial charge in [-0.1, -0.05) is 57.0 Å². The molecule has 4 rings (SSSR count). The first-order valence-electron chi connectivity index (χ1n) is 12.9. The first-order valence-corrected chi connectivity index (χ1v) is 12.9. The van der Waals surface area contributed by atoms with Crippen molar-refractivity contribution in [2.75, 3.05) is 13.2 Å². The van der Waals surface area contributed by atoms with Gasteiger partial charge in [0.2, 0.25) is 17.7 Å². The van der Waals surface area contributed by atoms with E-state index in [1.54, 1.807) is 6.92 Å². The van der Waals surface area contributed by atoms with E-state index in [1.807, 2.05) is 44.2 Å². The van der Waals surface area contributed by atoms with Crippen LogP contribution < -0.4 is 10.6 Å². The summed E-state index contributed by atoms with van der Waals surface area (Å²) in [4.78, 5) is 42.5. The molecular weight excluding hydrogens is 446 g/mol. The lowest BCUT2D eigenvalue weighted by molar-refractivity contribution is -0.150. The summed E-state index contributed by atoms with van der Waals surface area (Å²) in [5.41, 5.74) is -0.968. The van der Waals surface area contributed by atoms with E-state index in [-0.39, 0.29) is 30.2 Å². The Kier molecular flexibility index (Phi) is 7.25. The molecule has 192 valence electrons. The normalized spacial score (nSPS) is 34.1. The average molecular weight is 486 g/mol. The fourth-order valence-electron chi connectivity index (χ4n) is 6.52. The summed E-state index contributed by atoms with van der Waals surface area (Å²) >= 11 is 0. The van der Waals surface area contributed by atoms with Crippen molar-refractivity contribution in [2.45, 2.75) is 83.2 Å². The second-order valence-corrected chi connectivity index (χ2v) is 10.7. The van der Waals surface area contributed by atoms with Crippen LogP contribution in [-0.2, 0) is 25.7 Å². The molecule has 3 aliphatic rings. The van der Waals surface area contributed by atoms with Crippen LogP contribution in [0.1, 0.15) is 58.9 Å². The van der Waals surface area contributed by atoms with E-state index >= 15 is 0 Å². The van der Waals surface area contributed by atoms with E-state index in [2.05, 4.69) is 17.6 Å². The minimum atomic E-state index is -1.09. The van der Waals surface area contributed by atoms with Gasteiger partial charge in [0.15, 0.2) is 0 Å². The fraction of sp³-hybridized carbons (Fsp3) is 0.667. The van der Waals surface area contributed by atoms with Crippen LogP contribution in [0.15, 0.2) is 30.3 Å². The summed E-state index contributed by atoms with van der Waals surface area (Å²) in [6.07, 6.45) is 3.42. The number of carbonyl (C=O) groups is 3. The molecule has 3 aliphatic heterocycles. The maximum Gasteiger partial charge on any atom is 0.245 e. The van der Waals surface area contributed by atoms with Gasteiger partial charge in [0.25, 0.3) is 0 Å². The van der Waals surface area contributed by atoms with Crippen LogP contribution in [0.5, 0.6) is 0 Å². The highest BCUT2D eigenvalue weighted by Gasteiger charge is 2.80. The van der Waals surface area contributed by atoms with Crippen LogP contribution >= 0.6 is 0 Å². The Morgan fingerprint density at radius 3 is 2.57 bits per heavy atom. The third-order valence-electron chi connectivity index (χ3n) is 8.41. The molecule has 8 nitrogen and oxygen atoms in total. The lowest BCUT2D eigenvalue weighted by Gasteiger charge is -2.36. The molecule has 0 aliphatic carbocycles. The topological polar surface area (TPSA) is 108 Å². The molecule has 3 N–H and O–H groups in total. The summed E-state index contributed by atoms with van der Waals surface area (Å²) in [5.74, 6) is -2.27. The Hall–Kier alpha value is -2.45. The maximum atomic E-state index is 13.9. The number of ether oxygens (including phenoxy) is 1. The van der Waals surface area contributed by atoms with Gasteiger partial charge in [0.05, 0.1) is 30.1 Å². The predicted molar refractivity (Wildman–Crippen MR) is 131 cm³/mol. The number of fused-ring (bicyclic) bond motifs is 1. The molecule has 1 spiro atoms.